The fourth-order valence-electron chi connectivity index (χ4n) is 1.85. The zero-order valence-corrected chi connectivity index (χ0v) is 12.3. The molecular formula is C17H20N2O2. The number of hydrogen-bond acceptors (Lipinski definition) is 3. The van der Waals surface area contributed by atoms with Crippen LogP contribution in [-0.2, 0) is 0 Å². The fourth-order valence-corrected chi connectivity index (χ4v) is 1.85. The Morgan fingerprint density at radius 1 is 1.24 bits per heavy atom. The van der Waals surface area contributed by atoms with Crippen LogP contribution in [0.15, 0.2) is 48.5 Å². The first kappa shape index (κ1) is 14.9. The zero-order chi connectivity index (χ0) is 15.2. The first-order valence-corrected chi connectivity index (χ1v) is 7.02. The van der Waals surface area contributed by atoms with Gasteiger partial charge < -0.3 is 15.8 Å². The van der Waals surface area contributed by atoms with Crippen molar-refractivity contribution in [3.63, 3.8) is 0 Å². The molecular weight excluding hydrogens is 264 g/mol. The van der Waals surface area contributed by atoms with Gasteiger partial charge in [0.1, 0.15) is 5.75 Å². The summed E-state index contributed by atoms with van der Waals surface area (Å²) >= 11 is 0. The lowest BCUT2D eigenvalue weighted by Crippen LogP contribution is -2.13. The molecule has 0 bridgehead atoms. The highest BCUT2D eigenvalue weighted by Gasteiger charge is 2.07. The van der Waals surface area contributed by atoms with E-state index < -0.39 is 0 Å². The molecule has 0 aliphatic heterocycles. The maximum absolute atomic E-state index is 12.1. The third-order valence-electron chi connectivity index (χ3n) is 3.15. The second-order valence-electron chi connectivity index (χ2n) is 4.94. The van der Waals surface area contributed by atoms with E-state index in [0.29, 0.717) is 16.9 Å². The average molecular weight is 284 g/mol. The monoisotopic (exact) mass is 284 g/mol. The Balaban J connectivity index is 2.09. The smallest absolute Gasteiger partial charge is 0.255 e. The minimum absolute atomic E-state index is 0.143. The van der Waals surface area contributed by atoms with E-state index in [9.17, 15) is 4.79 Å². The molecule has 0 aliphatic carbocycles. The van der Waals surface area contributed by atoms with E-state index in [2.05, 4.69) is 12.2 Å². The highest BCUT2D eigenvalue weighted by atomic mass is 16.5. The molecule has 2 aromatic rings. The first-order valence-electron chi connectivity index (χ1n) is 7.02. The van der Waals surface area contributed by atoms with Crippen LogP contribution in [0.1, 0.15) is 30.6 Å². The number of nitrogen functional groups attached to an aromatic ring is 1. The standard InChI is InChI=1S/C17H20N2O2/c1-3-12(2)21-16-9-5-8-15(11-16)19-17(20)13-6-4-7-14(18)10-13/h4-12H,3,18H2,1-2H3,(H,19,20). The van der Waals surface area contributed by atoms with E-state index in [0.717, 1.165) is 12.2 Å². The molecule has 3 N–H and O–H groups in total. The summed E-state index contributed by atoms with van der Waals surface area (Å²) in [6.45, 7) is 4.08. The molecule has 0 saturated carbocycles. The van der Waals surface area contributed by atoms with Crippen LogP contribution >= 0.6 is 0 Å². The molecule has 0 radical (unpaired) electrons. The number of nitrogens with two attached hydrogens (primary N) is 1. The van der Waals surface area contributed by atoms with Crippen LogP contribution in [0.5, 0.6) is 5.75 Å². The van der Waals surface area contributed by atoms with Gasteiger partial charge >= 0.3 is 0 Å². The van der Waals surface area contributed by atoms with Gasteiger partial charge in [-0.3, -0.25) is 4.79 Å². The Bertz CT molecular complexity index is 626. The molecule has 2 aromatic carbocycles. The van der Waals surface area contributed by atoms with Crippen molar-refractivity contribution in [3.05, 3.63) is 54.1 Å². The van der Waals surface area contributed by atoms with Gasteiger partial charge in [-0.1, -0.05) is 19.1 Å². The Hall–Kier alpha value is -2.49. The molecule has 2 rings (SSSR count). The van der Waals surface area contributed by atoms with Crippen molar-refractivity contribution in [1.29, 1.82) is 0 Å². The lowest BCUT2D eigenvalue weighted by Gasteiger charge is -2.13. The molecule has 1 atom stereocenters. The van der Waals surface area contributed by atoms with Crippen molar-refractivity contribution in [2.24, 2.45) is 0 Å². The molecule has 1 amide bonds. The quantitative estimate of drug-likeness (QED) is 0.823. The third kappa shape index (κ3) is 4.24. The minimum Gasteiger partial charge on any atom is -0.491 e. The van der Waals surface area contributed by atoms with E-state index in [4.69, 9.17) is 10.5 Å². The first-order chi connectivity index (χ1) is 10.1. The van der Waals surface area contributed by atoms with Crippen molar-refractivity contribution in [2.45, 2.75) is 26.4 Å². The van der Waals surface area contributed by atoms with Crippen molar-refractivity contribution in [1.82, 2.24) is 0 Å². The van der Waals surface area contributed by atoms with Crippen molar-refractivity contribution in [3.8, 4) is 5.75 Å². The summed E-state index contributed by atoms with van der Waals surface area (Å²) in [6.07, 6.45) is 1.07. The lowest BCUT2D eigenvalue weighted by atomic mass is 10.2. The van der Waals surface area contributed by atoms with Crippen LogP contribution in [0.25, 0.3) is 0 Å². The zero-order valence-electron chi connectivity index (χ0n) is 12.3. The number of carbonyl (C=O) groups is 1. The summed E-state index contributed by atoms with van der Waals surface area (Å²) in [5.74, 6) is 0.553. The SMILES string of the molecule is CCC(C)Oc1cccc(NC(=O)c2cccc(N)c2)c1. The van der Waals surface area contributed by atoms with Gasteiger partial charge in [0.25, 0.3) is 5.91 Å². The van der Waals surface area contributed by atoms with Gasteiger partial charge in [-0.2, -0.15) is 0 Å². The predicted molar refractivity (Wildman–Crippen MR) is 85.6 cm³/mol. The Morgan fingerprint density at radius 3 is 2.71 bits per heavy atom. The van der Waals surface area contributed by atoms with E-state index in [1.807, 2.05) is 31.2 Å². The van der Waals surface area contributed by atoms with Crippen LogP contribution in [0.4, 0.5) is 11.4 Å². The lowest BCUT2D eigenvalue weighted by molar-refractivity contribution is 0.102. The van der Waals surface area contributed by atoms with Crippen molar-refractivity contribution < 1.29 is 9.53 Å². The Morgan fingerprint density at radius 2 is 2.00 bits per heavy atom. The van der Waals surface area contributed by atoms with Crippen LogP contribution in [0.3, 0.4) is 0 Å². The number of rotatable bonds is 5. The number of benzene rings is 2. The van der Waals surface area contributed by atoms with Crippen LogP contribution in [0.2, 0.25) is 0 Å². The molecule has 0 spiro atoms. The molecule has 21 heavy (non-hydrogen) atoms. The highest BCUT2D eigenvalue weighted by molar-refractivity contribution is 6.04. The number of nitrogens with one attached hydrogen (secondary N) is 1. The van der Waals surface area contributed by atoms with Crippen molar-refractivity contribution in [2.75, 3.05) is 11.1 Å². The minimum atomic E-state index is -0.192. The van der Waals surface area contributed by atoms with Crippen molar-refractivity contribution >= 4 is 17.3 Å². The number of amides is 1. The topological polar surface area (TPSA) is 64.3 Å². The molecule has 4 heteroatoms. The molecule has 0 fully saturated rings. The predicted octanol–water partition coefficient (Wildman–Crippen LogP) is 3.70. The number of ether oxygens (including phenoxy) is 1. The van der Waals surface area contributed by atoms with Crippen LogP contribution < -0.4 is 15.8 Å². The van der Waals surface area contributed by atoms with Crippen LogP contribution in [0, 0.1) is 0 Å². The summed E-state index contributed by atoms with van der Waals surface area (Å²) in [4.78, 5) is 12.1. The van der Waals surface area contributed by atoms with Crippen LogP contribution in [-0.4, -0.2) is 12.0 Å². The second kappa shape index (κ2) is 6.79. The summed E-state index contributed by atoms with van der Waals surface area (Å²) in [6, 6.07) is 14.3. The van der Waals surface area contributed by atoms with E-state index in [1.54, 1.807) is 24.3 Å². The maximum atomic E-state index is 12.1. The Kier molecular flexibility index (Phi) is 4.82. The third-order valence-corrected chi connectivity index (χ3v) is 3.15. The second-order valence-corrected chi connectivity index (χ2v) is 4.94. The van der Waals surface area contributed by atoms with Gasteiger partial charge in [0, 0.05) is 23.0 Å². The summed E-state index contributed by atoms with van der Waals surface area (Å²) in [7, 11) is 0. The van der Waals surface area contributed by atoms with Gasteiger partial charge in [0.05, 0.1) is 6.10 Å². The molecule has 0 aliphatic rings. The maximum Gasteiger partial charge on any atom is 0.255 e. The molecule has 4 nitrogen and oxygen atoms in total. The van der Waals surface area contributed by atoms with Gasteiger partial charge in [-0.15, -0.1) is 0 Å². The van der Waals surface area contributed by atoms with Gasteiger partial charge in [0.2, 0.25) is 0 Å². The van der Waals surface area contributed by atoms with E-state index >= 15 is 0 Å². The molecule has 0 heterocycles. The highest BCUT2D eigenvalue weighted by Crippen LogP contribution is 2.20. The largest absolute Gasteiger partial charge is 0.491 e. The summed E-state index contributed by atoms with van der Waals surface area (Å²) in [5, 5.41) is 2.84. The summed E-state index contributed by atoms with van der Waals surface area (Å²) in [5.41, 5.74) is 7.48. The van der Waals surface area contributed by atoms with Gasteiger partial charge in [-0.05, 0) is 43.7 Å². The average Bonchev–Trinajstić information content (AvgIpc) is 2.47. The normalized spacial score (nSPS) is 11.7. The molecule has 0 saturated heterocycles. The summed E-state index contributed by atoms with van der Waals surface area (Å²) < 4.78 is 5.74. The number of hydrogen-bond donors (Lipinski definition) is 2. The molecule has 0 aromatic heterocycles. The number of carbonyl (C=O) groups excluding carboxylic acids is 1. The Labute approximate surface area is 124 Å². The van der Waals surface area contributed by atoms with Gasteiger partial charge in [-0.25, -0.2) is 0 Å². The van der Waals surface area contributed by atoms with E-state index in [-0.39, 0.29) is 12.0 Å². The van der Waals surface area contributed by atoms with E-state index in [1.165, 1.54) is 0 Å². The molecule has 110 valence electrons. The molecule has 1 unspecified atom stereocenters. The number of anilines is 2. The fraction of sp³-hybridized carbons (Fsp3) is 0.235. The van der Waals surface area contributed by atoms with Gasteiger partial charge in [0.15, 0.2) is 0 Å².